The Kier molecular flexibility index (Phi) is 3.84. The molecule has 1 N–H and O–H groups in total. The molecule has 0 aromatic rings. The molecule has 2 saturated carbocycles. The zero-order chi connectivity index (χ0) is 13.3. The first kappa shape index (κ1) is 13.4. The van der Waals surface area contributed by atoms with Gasteiger partial charge in [0.2, 0.25) is 5.91 Å². The Labute approximate surface area is 117 Å². The third-order valence-corrected chi connectivity index (χ3v) is 5.48. The van der Waals surface area contributed by atoms with E-state index in [1.165, 1.54) is 51.4 Å². The normalized spacial score (nSPS) is 32.2. The van der Waals surface area contributed by atoms with Crippen molar-refractivity contribution in [3.8, 4) is 0 Å². The van der Waals surface area contributed by atoms with E-state index in [1.807, 2.05) is 0 Å². The third-order valence-electron chi connectivity index (χ3n) is 5.48. The standard InChI is InChI=1S/C16H28N2O/c1-2-14-17-16(11-7-8-12-16)15(19)18(14)13-9-5-3-4-6-10-13/h13-14,17H,2-12H2,1H3. The van der Waals surface area contributed by atoms with Gasteiger partial charge in [0.1, 0.15) is 0 Å². The summed E-state index contributed by atoms with van der Waals surface area (Å²) in [6.07, 6.45) is 13.7. The molecule has 0 bridgehead atoms. The average molecular weight is 264 g/mol. The van der Waals surface area contributed by atoms with Gasteiger partial charge in [-0.15, -0.1) is 0 Å². The predicted molar refractivity (Wildman–Crippen MR) is 76.7 cm³/mol. The van der Waals surface area contributed by atoms with E-state index in [4.69, 9.17) is 0 Å². The van der Waals surface area contributed by atoms with Gasteiger partial charge in [0.25, 0.3) is 0 Å². The second kappa shape index (κ2) is 5.43. The summed E-state index contributed by atoms with van der Waals surface area (Å²) >= 11 is 0. The maximum atomic E-state index is 13.0. The van der Waals surface area contributed by atoms with Crippen molar-refractivity contribution in [3.63, 3.8) is 0 Å². The van der Waals surface area contributed by atoms with E-state index < -0.39 is 0 Å². The maximum Gasteiger partial charge on any atom is 0.244 e. The van der Waals surface area contributed by atoms with Crippen LogP contribution in [0.3, 0.4) is 0 Å². The van der Waals surface area contributed by atoms with Gasteiger partial charge in [0, 0.05) is 6.04 Å². The molecule has 0 radical (unpaired) electrons. The van der Waals surface area contributed by atoms with Crippen LogP contribution < -0.4 is 5.32 Å². The number of rotatable bonds is 2. The number of nitrogens with one attached hydrogen (secondary N) is 1. The van der Waals surface area contributed by atoms with E-state index in [1.54, 1.807) is 0 Å². The first-order chi connectivity index (χ1) is 9.27. The molecule has 1 saturated heterocycles. The van der Waals surface area contributed by atoms with Crippen LogP contribution in [0, 0.1) is 0 Å². The molecule has 1 aliphatic heterocycles. The van der Waals surface area contributed by atoms with Gasteiger partial charge >= 0.3 is 0 Å². The van der Waals surface area contributed by atoms with Crippen molar-refractivity contribution in [3.05, 3.63) is 0 Å². The summed E-state index contributed by atoms with van der Waals surface area (Å²) in [5, 5.41) is 3.71. The van der Waals surface area contributed by atoms with Crippen molar-refractivity contribution in [2.45, 2.75) is 95.3 Å². The van der Waals surface area contributed by atoms with Crippen LogP contribution in [0.2, 0.25) is 0 Å². The van der Waals surface area contributed by atoms with E-state index in [9.17, 15) is 4.79 Å². The molecule has 19 heavy (non-hydrogen) atoms. The highest BCUT2D eigenvalue weighted by atomic mass is 16.2. The van der Waals surface area contributed by atoms with Crippen LogP contribution in [0.4, 0.5) is 0 Å². The van der Waals surface area contributed by atoms with Gasteiger partial charge in [-0.1, -0.05) is 45.4 Å². The van der Waals surface area contributed by atoms with Gasteiger partial charge in [-0.25, -0.2) is 0 Å². The Hall–Kier alpha value is -0.570. The topological polar surface area (TPSA) is 32.3 Å². The molecule has 0 aromatic carbocycles. The van der Waals surface area contributed by atoms with Crippen molar-refractivity contribution in [2.75, 3.05) is 0 Å². The molecule has 3 rings (SSSR count). The van der Waals surface area contributed by atoms with Crippen LogP contribution in [0.25, 0.3) is 0 Å². The van der Waals surface area contributed by atoms with Gasteiger partial charge in [0.15, 0.2) is 0 Å². The SMILES string of the molecule is CCC1NC2(CCCC2)C(=O)N1C1CCCCCC1. The monoisotopic (exact) mass is 264 g/mol. The molecule has 108 valence electrons. The van der Waals surface area contributed by atoms with E-state index in [2.05, 4.69) is 17.1 Å². The second-order valence-electron chi connectivity index (χ2n) is 6.72. The Morgan fingerprint density at radius 1 is 1.11 bits per heavy atom. The first-order valence-corrected chi connectivity index (χ1v) is 8.37. The van der Waals surface area contributed by atoms with Crippen molar-refractivity contribution in [1.82, 2.24) is 10.2 Å². The van der Waals surface area contributed by atoms with E-state index in [0.29, 0.717) is 18.1 Å². The molecular weight excluding hydrogens is 236 g/mol. The summed E-state index contributed by atoms with van der Waals surface area (Å²) in [7, 11) is 0. The molecule has 3 aliphatic rings. The van der Waals surface area contributed by atoms with Gasteiger partial charge in [-0.05, 0) is 32.1 Å². The van der Waals surface area contributed by atoms with Crippen LogP contribution in [-0.2, 0) is 4.79 Å². The first-order valence-electron chi connectivity index (χ1n) is 8.37. The molecule has 1 heterocycles. The summed E-state index contributed by atoms with van der Waals surface area (Å²) in [6.45, 7) is 2.21. The molecule has 3 fully saturated rings. The number of hydrogen-bond acceptors (Lipinski definition) is 2. The molecule has 1 atom stereocenters. The van der Waals surface area contributed by atoms with Crippen LogP contribution in [-0.4, -0.2) is 28.6 Å². The quantitative estimate of drug-likeness (QED) is 0.777. The van der Waals surface area contributed by atoms with E-state index >= 15 is 0 Å². The van der Waals surface area contributed by atoms with Crippen molar-refractivity contribution < 1.29 is 4.79 Å². The van der Waals surface area contributed by atoms with Crippen LogP contribution in [0.5, 0.6) is 0 Å². The Balaban J connectivity index is 1.79. The number of carbonyl (C=O) groups is 1. The molecular formula is C16H28N2O. The van der Waals surface area contributed by atoms with Crippen molar-refractivity contribution in [2.24, 2.45) is 0 Å². The second-order valence-corrected chi connectivity index (χ2v) is 6.72. The van der Waals surface area contributed by atoms with Gasteiger partial charge in [-0.2, -0.15) is 0 Å². The molecule has 3 nitrogen and oxygen atoms in total. The fourth-order valence-electron chi connectivity index (χ4n) is 4.43. The Bertz CT molecular complexity index is 328. The number of carbonyl (C=O) groups excluding carboxylic acids is 1. The summed E-state index contributed by atoms with van der Waals surface area (Å²) in [6, 6.07) is 0.507. The summed E-state index contributed by atoms with van der Waals surface area (Å²) < 4.78 is 0. The number of amides is 1. The molecule has 3 heteroatoms. The van der Waals surface area contributed by atoms with E-state index in [0.717, 1.165) is 19.3 Å². The largest absolute Gasteiger partial charge is 0.323 e. The maximum absolute atomic E-state index is 13.0. The minimum atomic E-state index is -0.174. The summed E-state index contributed by atoms with van der Waals surface area (Å²) in [4.78, 5) is 15.2. The lowest BCUT2D eigenvalue weighted by Gasteiger charge is -2.32. The average Bonchev–Trinajstić information content (AvgIpc) is 2.88. The Morgan fingerprint density at radius 3 is 2.32 bits per heavy atom. The number of hydrogen-bond donors (Lipinski definition) is 1. The van der Waals surface area contributed by atoms with Crippen molar-refractivity contribution in [1.29, 1.82) is 0 Å². The molecule has 0 aromatic heterocycles. The van der Waals surface area contributed by atoms with Crippen LogP contribution >= 0.6 is 0 Å². The zero-order valence-corrected chi connectivity index (χ0v) is 12.3. The minimum absolute atomic E-state index is 0.174. The van der Waals surface area contributed by atoms with Gasteiger partial charge in [-0.3, -0.25) is 10.1 Å². The van der Waals surface area contributed by atoms with E-state index in [-0.39, 0.29) is 5.54 Å². The predicted octanol–water partition coefficient (Wildman–Crippen LogP) is 3.19. The fourth-order valence-corrected chi connectivity index (χ4v) is 4.43. The minimum Gasteiger partial charge on any atom is -0.323 e. The van der Waals surface area contributed by atoms with Gasteiger partial charge in [0.05, 0.1) is 11.7 Å². The third kappa shape index (κ3) is 2.31. The highest BCUT2D eigenvalue weighted by Crippen LogP contribution is 2.39. The van der Waals surface area contributed by atoms with Crippen molar-refractivity contribution >= 4 is 5.91 Å². The number of nitrogens with zero attached hydrogens (tertiary/aromatic N) is 1. The highest BCUT2D eigenvalue weighted by molar-refractivity contribution is 5.89. The molecule has 2 aliphatic carbocycles. The van der Waals surface area contributed by atoms with Crippen LogP contribution in [0.1, 0.15) is 77.6 Å². The lowest BCUT2D eigenvalue weighted by Crippen LogP contribution is -2.45. The molecule has 1 spiro atoms. The van der Waals surface area contributed by atoms with Gasteiger partial charge < -0.3 is 4.90 Å². The highest BCUT2D eigenvalue weighted by Gasteiger charge is 2.53. The fraction of sp³-hybridized carbons (Fsp3) is 0.938. The lowest BCUT2D eigenvalue weighted by atomic mass is 9.97. The van der Waals surface area contributed by atoms with Crippen LogP contribution in [0.15, 0.2) is 0 Å². The summed E-state index contributed by atoms with van der Waals surface area (Å²) in [5.74, 6) is 0.434. The molecule has 1 unspecified atom stereocenters. The smallest absolute Gasteiger partial charge is 0.244 e. The lowest BCUT2D eigenvalue weighted by molar-refractivity contribution is -0.135. The zero-order valence-electron chi connectivity index (χ0n) is 12.3. The summed E-state index contributed by atoms with van der Waals surface area (Å²) in [5.41, 5.74) is -0.174. The Morgan fingerprint density at radius 2 is 1.74 bits per heavy atom. The molecule has 1 amide bonds.